The molecule has 0 radical (unpaired) electrons. The van der Waals surface area contributed by atoms with Gasteiger partial charge >= 0.3 is 6.03 Å². The highest BCUT2D eigenvalue weighted by molar-refractivity contribution is 7.00. The number of amides is 2. The van der Waals surface area contributed by atoms with E-state index in [9.17, 15) is 4.79 Å². The molecule has 2 N–H and O–H groups in total. The molecule has 0 spiro atoms. The van der Waals surface area contributed by atoms with E-state index in [0.717, 1.165) is 22.8 Å². The summed E-state index contributed by atoms with van der Waals surface area (Å²) in [7, 11) is 1.58. The summed E-state index contributed by atoms with van der Waals surface area (Å²) >= 11 is 1.10. The number of nitrogens with one attached hydrogen (secondary N) is 2. The molecule has 0 atom stereocenters. The lowest BCUT2D eigenvalue weighted by atomic mass is 10.2. The minimum absolute atomic E-state index is 0.461. The van der Waals surface area contributed by atoms with Crippen LogP contribution in [0.1, 0.15) is 5.56 Å². The van der Waals surface area contributed by atoms with Gasteiger partial charge in [-0.3, -0.25) is 0 Å². The summed E-state index contributed by atoms with van der Waals surface area (Å²) in [5.74, 6) is 0.678. The number of para-hydroxylation sites is 1. The van der Waals surface area contributed by atoms with Gasteiger partial charge in [-0.25, -0.2) is 10.2 Å². The fourth-order valence-electron chi connectivity index (χ4n) is 1.99. The van der Waals surface area contributed by atoms with Crippen LogP contribution in [-0.4, -0.2) is 28.1 Å². The average Bonchev–Trinajstić information content (AvgIpc) is 3.05. The Bertz CT molecular complexity index is 862. The molecule has 0 saturated carbocycles. The van der Waals surface area contributed by atoms with Crippen LogP contribution in [-0.2, 0) is 0 Å². The lowest BCUT2D eigenvalue weighted by molar-refractivity contribution is 0.252. The molecule has 1 aromatic heterocycles. The van der Waals surface area contributed by atoms with Crippen LogP contribution in [0.3, 0.4) is 0 Å². The Labute approximate surface area is 136 Å². The van der Waals surface area contributed by atoms with Gasteiger partial charge in [0, 0.05) is 5.56 Å². The number of anilines is 1. The number of aromatic nitrogens is 2. The van der Waals surface area contributed by atoms with Crippen molar-refractivity contribution in [2.45, 2.75) is 0 Å². The van der Waals surface area contributed by atoms with E-state index in [0.29, 0.717) is 17.0 Å². The predicted molar refractivity (Wildman–Crippen MR) is 90.2 cm³/mol. The quantitative estimate of drug-likeness (QED) is 0.569. The van der Waals surface area contributed by atoms with E-state index < -0.39 is 6.03 Å². The first kappa shape index (κ1) is 14.9. The number of rotatable bonds is 4. The van der Waals surface area contributed by atoms with Gasteiger partial charge in [0.25, 0.3) is 0 Å². The lowest BCUT2D eigenvalue weighted by Gasteiger charge is -2.05. The first-order chi connectivity index (χ1) is 11.3. The predicted octanol–water partition coefficient (Wildman–Crippen LogP) is 2.86. The van der Waals surface area contributed by atoms with E-state index in [1.54, 1.807) is 19.2 Å². The molecule has 3 aromatic rings. The van der Waals surface area contributed by atoms with Crippen molar-refractivity contribution in [3.8, 4) is 5.75 Å². The number of hydrazone groups is 1. The standard InChI is InChI=1S/C15H13N5O2S/c1-22-13-8-3-2-5-10(13)9-16-18-15(21)17-11-6-4-7-12-14(11)20-23-19-12/h2-9H,1H3,(H2,17,18,21)/b16-9-. The minimum atomic E-state index is -0.461. The molecule has 0 aliphatic rings. The van der Waals surface area contributed by atoms with Crippen molar-refractivity contribution in [2.24, 2.45) is 5.10 Å². The third-order valence-corrected chi connectivity index (χ3v) is 3.59. The summed E-state index contributed by atoms with van der Waals surface area (Å²) in [5.41, 5.74) is 5.15. The SMILES string of the molecule is COc1ccccc1/C=N\NC(=O)Nc1cccc2nsnc12. The second-order valence-corrected chi connectivity index (χ2v) is 5.03. The maximum absolute atomic E-state index is 11.9. The van der Waals surface area contributed by atoms with Crippen molar-refractivity contribution in [1.82, 2.24) is 14.2 Å². The summed E-state index contributed by atoms with van der Waals surface area (Å²) in [5, 5.41) is 6.61. The fourth-order valence-corrected chi connectivity index (χ4v) is 2.54. The molecule has 0 fully saturated rings. The number of carbonyl (C=O) groups is 1. The zero-order valence-corrected chi connectivity index (χ0v) is 13.0. The lowest BCUT2D eigenvalue weighted by Crippen LogP contribution is -2.24. The number of nitrogens with zero attached hydrogens (tertiary/aromatic N) is 3. The Morgan fingerprint density at radius 1 is 1.22 bits per heavy atom. The van der Waals surface area contributed by atoms with Crippen molar-refractivity contribution in [1.29, 1.82) is 0 Å². The van der Waals surface area contributed by atoms with Gasteiger partial charge in [-0.1, -0.05) is 18.2 Å². The van der Waals surface area contributed by atoms with E-state index in [1.807, 2.05) is 30.3 Å². The third-order valence-electron chi connectivity index (χ3n) is 3.04. The second kappa shape index (κ2) is 6.84. The normalized spacial score (nSPS) is 10.8. The van der Waals surface area contributed by atoms with Crippen LogP contribution in [0, 0.1) is 0 Å². The summed E-state index contributed by atoms with van der Waals surface area (Å²) in [6.07, 6.45) is 1.52. The number of carbonyl (C=O) groups excluding carboxylic acids is 1. The summed E-state index contributed by atoms with van der Waals surface area (Å²) in [6, 6.07) is 12.3. The Morgan fingerprint density at radius 3 is 2.96 bits per heavy atom. The van der Waals surface area contributed by atoms with Crippen LogP contribution in [0.2, 0.25) is 0 Å². The molecule has 2 aromatic carbocycles. The van der Waals surface area contributed by atoms with Crippen molar-refractivity contribution in [3.63, 3.8) is 0 Å². The van der Waals surface area contributed by atoms with Crippen LogP contribution in [0.15, 0.2) is 47.6 Å². The maximum atomic E-state index is 11.9. The van der Waals surface area contributed by atoms with Crippen LogP contribution in [0.4, 0.5) is 10.5 Å². The summed E-state index contributed by atoms with van der Waals surface area (Å²) in [6.45, 7) is 0. The van der Waals surface area contributed by atoms with Crippen molar-refractivity contribution < 1.29 is 9.53 Å². The number of ether oxygens (including phenoxy) is 1. The van der Waals surface area contributed by atoms with Gasteiger partial charge in [-0.2, -0.15) is 13.8 Å². The second-order valence-electron chi connectivity index (χ2n) is 4.50. The minimum Gasteiger partial charge on any atom is -0.496 e. The maximum Gasteiger partial charge on any atom is 0.339 e. The first-order valence-corrected chi connectivity index (χ1v) is 7.45. The molecular weight excluding hydrogens is 314 g/mol. The molecule has 0 aliphatic carbocycles. The topological polar surface area (TPSA) is 88.5 Å². The molecule has 116 valence electrons. The molecular formula is C15H13N5O2S. The third kappa shape index (κ3) is 3.43. The van der Waals surface area contributed by atoms with Crippen LogP contribution < -0.4 is 15.5 Å². The molecule has 2 amide bonds. The number of hydrogen-bond acceptors (Lipinski definition) is 6. The number of urea groups is 1. The van der Waals surface area contributed by atoms with Crippen LogP contribution in [0.25, 0.3) is 11.0 Å². The van der Waals surface area contributed by atoms with Crippen molar-refractivity contribution >= 4 is 40.7 Å². The molecule has 0 saturated heterocycles. The Hall–Kier alpha value is -3.00. The number of hydrogen-bond donors (Lipinski definition) is 2. The van der Waals surface area contributed by atoms with E-state index in [1.165, 1.54) is 6.21 Å². The van der Waals surface area contributed by atoms with Crippen LogP contribution in [0.5, 0.6) is 5.75 Å². The summed E-state index contributed by atoms with van der Waals surface area (Å²) in [4.78, 5) is 11.9. The van der Waals surface area contributed by atoms with Gasteiger partial charge in [-0.05, 0) is 24.3 Å². The van der Waals surface area contributed by atoms with Gasteiger partial charge in [-0.15, -0.1) is 0 Å². The molecule has 23 heavy (non-hydrogen) atoms. The molecule has 3 rings (SSSR count). The van der Waals surface area contributed by atoms with E-state index in [2.05, 4.69) is 24.6 Å². The van der Waals surface area contributed by atoms with Gasteiger partial charge < -0.3 is 10.1 Å². The van der Waals surface area contributed by atoms with Gasteiger partial charge in [0.15, 0.2) is 0 Å². The van der Waals surface area contributed by atoms with E-state index in [4.69, 9.17) is 4.74 Å². The number of fused-ring (bicyclic) bond motifs is 1. The fraction of sp³-hybridized carbons (Fsp3) is 0.0667. The Morgan fingerprint density at radius 2 is 2.09 bits per heavy atom. The molecule has 7 nitrogen and oxygen atoms in total. The monoisotopic (exact) mass is 327 g/mol. The van der Waals surface area contributed by atoms with Crippen molar-refractivity contribution in [2.75, 3.05) is 12.4 Å². The average molecular weight is 327 g/mol. The summed E-state index contributed by atoms with van der Waals surface area (Å²) < 4.78 is 13.5. The first-order valence-electron chi connectivity index (χ1n) is 6.72. The highest BCUT2D eigenvalue weighted by Crippen LogP contribution is 2.20. The van der Waals surface area contributed by atoms with Crippen molar-refractivity contribution in [3.05, 3.63) is 48.0 Å². The highest BCUT2D eigenvalue weighted by Gasteiger charge is 2.07. The largest absolute Gasteiger partial charge is 0.496 e. The molecule has 0 aliphatic heterocycles. The smallest absolute Gasteiger partial charge is 0.339 e. The molecule has 0 unspecified atom stereocenters. The zero-order chi connectivity index (χ0) is 16.1. The number of methoxy groups -OCH3 is 1. The Kier molecular flexibility index (Phi) is 4.44. The van der Waals surface area contributed by atoms with Crippen LogP contribution >= 0.6 is 11.7 Å². The van der Waals surface area contributed by atoms with Gasteiger partial charge in [0.05, 0.1) is 30.7 Å². The molecule has 1 heterocycles. The highest BCUT2D eigenvalue weighted by atomic mass is 32.1. The van der Waals surface area contributed by atoms with E-state index >= 15 is 0 Å². The van der Waals surface area contributed by atoms with Gasteiger partial charge in [0.2, 0.25) is 0 Å². The number of benzene rings is 2. The van der Waals surface area contributed by atoms with Gasteiger partial charge in [0.1, 0.15) is 16.8 Å². The zero-order valence-electron chi connectivity index (χ0n) is 12.2. The van der Waals surface area contributed by atoms with E-state index in [-0.39, 0.29) is 0 Å². The molecule has 8 heteroatoms. The Balaban J connectivity index is 1.66. The molecule has 0 bridgehead atoms.